The Morgan fingerprint density at radius 1 is 1.10 bits per heavy atom. The van der Waals surface area contributed by atoms with Crippen LogP contribution in [0.2, 0.25) is 10.0 Å². The highest BCUT2D eigenvalue weighted by Gasteiger charge is 2.32. The van der Waals surface area contributed by atoms with Gasteiger partial charge in [-0.05, 0) is 43.0 Å². The summed E-state index contributed by atoms with van der Waals surface area (Å²) < 4.78 is 0. The Hall–Kier alpha value is -4.15. The first-order valence-electron chi connectivity index (χ1n) is 12.9. The average molecular weight is 598 g/mol. The van der Waals surface area contributed by atoms with Crippen LogP contribution in [0.25, 0.3) is 17.3 Å². The lowest BCUT2D eigenvalue weighted by molar-refractivity contribution is -0.132. The van der Waals surface area contributed by atoms with E-state index in [1.807, 2.05) is 6.92 Å². The van der Waals surface area contributed by atoms with Crippen molar-refractivity contribution in [2.24, 2.45) is 0 Å². The topological polar surface area (TPSA) is 151 Å². The number of benzene rings is 2. The minimum absolute atomic E-state index is 0.241. The van der Waals surface area contributed by atoms with Gasteiger partial charge in [0.15, 0.2) is 5.82 Å². The van der Waals surface area contributed by atoms with Gasteiger partial charge in [0, 0.05) is 36.8 Å². The molecule has 5 N–H and O–H groups in total. The van der Waals surface area contributed by atoms with Crippen LogP contribution >= 0.6 is 23.2 Å². The molecule has 1 aliphatic rings. The van der Waals surface area contributed by atoms with E-state index in [0.29, 0.717) is 53.1 Å². The molecule has 12 heteroatoms. The standard InChI is InChI=1S/C29H30Cl2N6O4/c1-29(36-24(39)15-23(38)33-16-19-7-5-18(6-8-19)9-10-25(40)41)11-13-37(14-12-29)22-17-34-27(28(32)35-22)20-3-2-4-21(30)26(20)31/h2-10,17H,11-16H2,1H3,(H2,32,35)(H,33,38)(H,36,39)(H,40,41)/b10-9+. The van der Waals surface area contributed by atoms with Gasteiger partial charge in [-0.25, -0.2) is 14.8 Å². The zero-order valence-corrected chi connectivity index (χ0v) is 23.9. The van der Waals surface area contributed by atoms with Crippen LogP contribution in [-0.4, -0.2) is 51.5 Å². The van der Waals surface area contributed by atoms with Crippen LogP contribution in [0, 0.1) is 0 Å². The highest BCUT2D eigenvalue weighted by molar-refractivity contribution is 6.43. The van der Waals surface area contributed by atoms with Crippen LogP contribution in [0.15, 0.2) is 54.7 Å². The number of anilines is 2. The molecule has 2 amide bonds. The van der Waals surface area contributed by atoms with E-state index in [2.05, 4.69) is 25.5 Å². The third-order valence-electron chi connectivity index (χ3n) is 6.83. The molecule has 0 bridgehead atoms. The molecule has 0 unspecified atom stereocenters. The second-order valence-corrected chi connectivity index (χ2v) is 10.8. The molecular formula is C29H30Cl2N6O4. The lowest BCUT2D eigenvalue weighted by atomic mass is 9.89. The van der Waals surface area contributed by atoms with Gasteiger partial charge in [0.1, 0.15) is 17.9 Å². The summed E-state index contributed by atoms with van der Waals surface area (Å²) >= 11 is 12.4. The summed E-state index contributed by atoms with van der Waals surface area (Å²) in [7, 11) is 0. The molecule has 0 radical (unpaired) electrons. The molecule has 0 spiro atoms. The summed E-state index contributed by atoms with van der Waals surface area (Å²) in [4.78, 5) is 46.7. The van der Waals surface area contributed by atoms with E-state index in [0.717, 1.165) is 17.2 Å². The first-order chi connectivity index (χ1) is 19.5. The molecule has 10 nitrogen and oxygen atoms in total. The lowest BCUT2D eigenvalue weighted by Gasteiger charge is -2.40. The number of carboxylic acid groups (broad SMARTS) is 1. The molecule has 3 aromatic rings. The number of piperidine rings is 1. The van der Waals surface area contributed by atoms with Crippen LogP contribution < -0.4 is 21.3 Å². The molecule has 1 aromatic heterocycles. The number of carbonyl (C=O) groups is 3. The van der Waals surface area contributed by atoms with Gasteiger partial charge >= 0.3 is 5.97 Å². The molecule has 2 aromatic carbocycles. The SMILES string of the molecule is CC1(NC(=O)CC(=O)NCc2ccc(/C=C/C(=O)O)cc2)CCN(c2cnc(-c3cccc(Cl)c3Cl)c(N)n2)CC1. The predicted octanol–water partition coefficient (Wildman–Crippen LogP) is 4.31. The first-order valence-corrected chi connectivity index (χ1v) is 13.7. The van der Waals surface area contributed by atoms with Crippen LogP contribution in [0.5, 0.6) is 0 Å². The quantitative estimate of drug-likeness (QED) is 0.211. The van der Waals surface area contributed by atoms with Gasteiger partial charge in [-0.3, -0.25) is 9.59 Å². The minimum atomic E-state index is -1.02. The van der Waals surface area contributed by atoms with Gasteiger partial charge in [-0.2, -0.15) is 0 Å². The number of aliphatic carboxylic acids is 1. The summed E-state index contributed by atoms with van der Waals surface area (Å²) in [5.41, 5.74) is 8.37. The molecule has 0 saturated carbocycles. The van der Waals surface area contributed by atoms with Gasteiger partial charge in [-0.1, -0.05) is 59.6 Å². The maximum atomic E-state index is 12.6. The van der Waals surface area contributed by atoms with Crippen molar-refractivity contribution in [2.45, 2.75) is 38.3 Å². The number of hydrogen-bond donors (Lipinski definition) is 4. The molecule has 0 aliphatic carbocycles. The van der Waals surface area contributed by atoms with Crippen molar-refractivity contribution in [3.8, 4) is 11.3 Å². The van der Waals surface area contributed by atoms with Crippen molar-refractivity contribution in [3.63, 3.8) is 0 Å². The zero-order valence-electron chi connectivity index (χ0n) is 22.4. The fraction of sp³-hybridized carbons (Fsp3) is 0.276. The van der Waals surface area contributed by atoms with E-state index in [-0.39, 0.29) is 30.6 Å². The second-order valence-electron chi connectivity index (χ2n) is 10.0. The van der Waals surface area contributed by atoms with E-state index in [1.54, 1.807) is 48.7 Å². The molecule has 1 fully saturated rings. The maximum Gasteiger partial charge on any atom is 0.328 e. The fourth-order valence-electron chi connectivity index (χ4n) is 4.50. The Bertz CT molecular complexity index is 1470. The number of hydrogen-bond acceptors (Lipinski definition) is 7. The van der Waals surface area contributed by atoms with E-state index < -0.39 is 11.5 Å². The van der Waals surface area contributed by atoms with E-state index in [1.165, 1.54) is 6.08 Å². The zero-order chi connectivity index (χ0) is 29.6. The van der Waals surface area contributed by atoms with Gasteiger partial charge in [0.25, 0.3) is 0 Å². The number of halogens is 2. The molecule has 2 heterocycles. The van der Waals surface area contributed by atoms with Crippen molar-refractivity contribution >= 4 is 58.7 Å². The number of carbonyl (C=O) groups excluding carboxylic acids is 2. The smallest absolute Gasteiger partial charge is 0.328 e. The van der Waals surface area contributed by atoms with Crippen molar-refractivity contribution in [1.29, 1.82) is 0 Å². The average Bonchev–Trinajstić information content (AvgIpc) is 2.93. The van der Waals surface area contributed by atoms with Crippen molar-refractivity contribution < 1.29 is 19.5 Å². The molecule has 1 saturated heterocycles. The van der Waals surface area contributed by atoms with Crippen molar-refractivity contribution in [1.82, 2.24) is 20.6 Å². The Morgan fingerprint density at radius 3 is 2.46 bits per heavy atom. The third kappa shape index (κ3) is 7.96. The molecule has 4 rings (SSSR count). The van der Waals surface area contributed by atoms with Gasteiger partial charge in [-0.15, -0.1) is 0 Å². The number of nitrogens with zero attached hydrogens (tertiary/aromatic N) is 3. The van der Waals surface area contributed by atoms with E-state index in [9.17, 15) is 14.4 Å². The number of nitrogens with one attached hydrogen (secondary N) is 2. The Morgan fingerprint density at radius 2 is 1.80 bits per heavy atom. The number of nitrogen functional groups attached to an aromatic ring is 1. The van der Waals surface area contributed by atoms with Crippen molar-refractivity contribution in [2.75, 3.05) is 23.7 Å². The van der Waals surface area contributed by atoms with Gasteiger partial charge in [0.05, 0.1) is 16.2 Å². The Balaban J connectivity index is 1.25. The maximum absolute atomic E-state index is 12.6. The van der Waals surface area contributed by atoms with Crippen LogP contribution in [0.3, 0.4) is 0 Å². The van der Waals surface area contributed by atoms with Crippen LogP contribution in [0.4, 0.5) is 11.6 Å². The summed E-state index contributed by atoms with van der Waals surface area (Å²) in [6, 6.07) is 12.3. The van der Waals surface area contributed by atoms with E-state index in [4.69, 9.17) is 34.0 Å². The van der Waals surface area contributed by atoms with E-state index >= 15 is 0 Å². The fourth-order valence-corrected chi connectivity index (χ4v) is 4.89. The monoisotopic (exact) mass is 596 g/mol. The number of rotatable bonds is 9. The summed E-state index contributed by atoms with van der Waals surface area (Å²) in [5, 5.41) is 15.2. The van der Waals surface area contributed by atoms with Crippen LogP contribution in [0.1, 0.15) is 37.3 Å². The number of amides is 2. The number of carboxylic acids is 1. The highest BCUT2D eigenvalue weighted by atomic mass is 35.5. The Labute approximate surface area is 247 Å². The third-order valence-corrected chi connectivity index (χ3v) is 7.65. The molecular weight excluding hydrogens is 567 g/mol. The number of aromatic nitrogens is 2. The highest BCUT2D eigenvalue weighted by Crippen LogP contribution is 2.35. The first kappa shape index (κ1) is 29.8. The molecule has 0 atom stereocenters. The summed E-state index contributed by atoms with van der Waals surface area (Å²) in [6.07, 6.45) is 5.19. The number of nitrogens with two attached hydrogens (primary N) is 1. The normalized spacial score (nSPS) is 14.6. The molecule has 1 aliphatic heterocycles. The van der Waals surface area contributed by atoms with Crippen LogP contribution in [-0.2, 0) is 20.9 Å². The minimum Gasteiger partial charge on any atom is -0.478 e. The van der Waals surface area contributed by atoms with Gasteiger partial charge in [0.2, 0.25) is 11.8 Å². The molecule has 41 heavy (non-hydrogen) atoms. The van der Waals surface area contributed by atoms with Gasteiger partial charge < -0.3 is 26.4 Å². The second kappa shape index (κ2) is 13.0. The Kier molecular flexibility index (Phi) is 9.46. The predicted molar refractivity (Wildman–Crippen MR) is 159 cm³/mol. The summed E-state index contributed by atoms with van der Waals surface area (Å²) in [6.45, 7) is 3.45. The largest absolute Gasteiger partial charge is 0.478 e. The lowest BCUT2D eigenvalue weighted by Crippen LogP contribution is -2.54. The van der Waals surface area contributed by atoms with Crippen molar-refractivity contribution in [3.05, 3.63) is 75.9 Å². The molecule has 214 valence electrons. The summed E-state index contributed by atoms with van der Waals surface area (Å²) in [5.74, 6) is -0.887.